The number of hydrogen-bond acceptors (Lipinski definition) is 4. The van der Waals surface area contributed by atoms with Crippen LogP contribution in [0.5, 0.6) is 0 Å². The van der Waals surface area contributed by atoms with E-state index >= 15 is 0 Å². The number of nitrogens with one attached hydrogen (secondary N) is 2. The first-order chi connectivity index (χ1) is 29.2. The lowest BCUT2D eigenvalue weighted by atomic mass is 9.91. The molecule has 0 spiro atoms. The van der Waals surface area contributed by atoms with Crippen LogP contribution in [-0.4, -0.2) is 5.84 Å². The first kappa shape index (κ1) is 33.6. The zero-order chi connectivity index (χ0) is 38.9. The molecule has 0 fully saturated rings. The van der Waals surface area contributed by atoms with Gasteiger partial charge in [0.2, 0.25) is 0 Å². The molecule has 11 aromatic rings. The fourth-order valence-electron chi connectivity index (χ4n) is 9.20. The van der Waals surface area contributed by atoms with Gasteiger partial charge in [0.05, 0.1) is 0 Å². The minimum atomic E-state index is -0.261. The molecule has 4 nitrogen and oxygen atoms in total. The summed E-state index contributed by atoms with van der Waals surface area (Å²) in [5.41, 5.74) is 9.43. The number of nitrogens with zero attached hydrogens (tertiary/aromatic N) is 1. The van der Waals surface area contributed by atoms with E-state index in [0.29, 0.717) is 0 Å². The number of fused-ring (bicyclic) bond motifs is 9. The second-order valence-electron chi connectivity index (χ2n) is 15.6. The number of rotatable bonds is 5. The van der Waals surface area contributed by atoms with E-state index in [1.165, 1.54) is 43.1 Å². The predicted molar refractivity (Wildman–Crippen MR) is 246 cm³/mol. The van der Waals surface area contributed by atoms with Gasteiger partial charge in [-0.15, -0.1) is 0 Å². The predicted octanol–water partition coefficient (Wildman–Crippen LogP) is 13.9. The number of amidine groups is 1. The second-order valence-corrected chi connectivity index (χ2v) is 15.6. The van der Waals surface area contributed by atoms with Crippen LogP contribution >= 0.6 is 0 Å². The van der Waals surface area contributed by atoms with Crippen LogP contribution in [0.25, 0.3) is 87.3 Å². The Morgan fingerprint density at radius 3 is 1.71 bits per heavy atom. The van der Waals surface area contributed by atoms with E-state index in [9.17, 15) is 0 Å². The fraction of sp³-hybridized carbons (Fsp3) is 0.0364. The van der Waals surface area contributed by atoms with Gasteiger partial charge in [-0.2, -0.15) is 0 Å². The molecule has 10 aromatic carbocycles. The largest absolute Gasteiger partial charge is 0.455 e. The van der Waals surface area contributed by atoms with Crippen LogP contribution in [0.1, 0.15) is 29.0 Å². The summed E-state index contributed by atoms with van der Waals surface area (Å²) in [7, 11) is 0. The van der Waals surface area contributed by atoms with E-state index in [-0.39, 0.29) is 12.3 Å². The van der Waals surface area contributed by atoms with E-state index in [1.807, 2.05) is 12.1 Å². The van der Waals surface area contributed by atoms with Crippen molar-refractivity contribution < 1.29 is 4.42 Å². The van der Waals surface area contributed by atoms with E-state index in [0.717, 1.165) is 66.7 Å². The van der Waals surface area contributed by atoms with Crippen LogP contribution in [0.4, 0.5) is 0 Å². The Labute approximate surface area is 341 Å². The van der Waals surface area contributed by atoms with Gasteiger partial charge in [0, 0.05) is 27.5 Å². The fourth-order valence-corrected chi connectivity index (χ4v) is 9.20. The van der Waals surface area contributed by atoms with E-state index in [1.54, 1.807) is 0 Å². The van der Waals surface area contributed by atoms with Gasteiger partial charge in [0.25, 0.3) is 0 Å². The average molecular weight is 756 g/mol. The molecule has 278 valence electrons. The third-order valence-corrected chi connectivity index (χ3v) is 12.1. The monoisotopic (exact) mass is 755 g/mol. The molecule has 0 bridgehead atoms. The molecule has 2 unspecified atom stereocenters. The Morgan fingerprint density at radius 1 is 0.424 bits per heavy atom. The Balaban J connectivity index is 1.10. The Bertz CT molecular complexity index is 3460. The molecule has 1 aliphatic heterocycles. The van der Waals surface area contributed by atoms with Gasteiger partial charge in [-0.3, -0.25) is 5.32 Å². The number of benzene rings is 10. The minimum Gasteiger partial charge on any atom is -0.455 e. The summed E-state index contributed by atoms with van der Waals surface area (Å²) < 4.78 is 7.02. The molecule has 0 amide bonds. The van der Waals surface area contributed by atoms with Crippen molar-refractivity contribution in [2.45, 2.75) is 12.3 Å². The van der Waals surface area contributed by atoms with Crippen LogP contribution in [0.2, 0.25) is 0 Å². The Kier molecular flexibility index (Phi) is 7.72. The zero-order valence-corrected chi connectivity index (χ0v) is 32.1. The highest BCUT2D eigenvalue weighted by atomic mass is 16.3. The van der Waals surface area contributed by atoms with Crippen LogP contribution in [-0.2, 0) is 0 Å². The van der Waals surface area contributed by atoms with E-state index in [4.69, 9.17) is 9.41 Å². The molecule has 2 N–H and O–H groups in total. The smallest absolute Gasteiger partial charge is 0.143 e. The molecule has 59 heavy (non-hydrogen) atoms. The maximum absolute atomic E-state index is 7.02. The molecule has 0 saturated heterocycles. The molecule has 0 aliphatic carbocycles. The number of aliphatic imine (C=N–C) groups is 1. The Morgan fingerprint density at radius 2 is 1.00 bits per heavy atom. The molecule has 0 radical (unpaired) electrons. The van der Waals surface area contributed by atoms with E-state index in [2.05, 4.69) is 199 Å². The lowest BCUT2D eigenvalue weighted by molar-refractivity contribution is 0.411. The van der Waals surface area contributed by atoms with Crippen LogP contribution < -0.4 is 10.6 Å². The van der Waals surface area contributed by atoms with E-state index < -0.39 is 0 Å². The van der Waals surface area contributed by atoms with Crippen LogP contribution in [0, 0.1) is 0 Å². The molecule has 0 saturated carbocycles. The highest BCUT2D eigenvalue weighted by Gasteiger charge is 2.28. The van der Waals surface area contributed by atoms with Crippen molar-refractivity contribution in [2.75, 3.05) is 0 Å². The minimum absolute atomic E-state index is 0.253. The van der Waals surface area contributed by atoms with Crippen molar-refractivity contribution in [1.82, 2.24) is 10.6 Å². The van der Waals surface area contributed by atoms with Crippen molar-refractivity contribution >= 4 is 70.9 Å². The summed E-state index contributed by atoms with van der Waals surface area (Å²) in [5, 5.41) is 19.7. The van der Waals surface area contributed by atoms with Gasteiger partial charge in [-0.1, -0.05) is 170 Å². The SMILES string of the molecule is c1ccc(C2=NC(c3ccccc3)NC(c3cccc4oc5c(-c6ccc7ccc8ccccc8c7c6)cc(-c6ccc7ccc8ccccc8c7c6)cc5c34)N2)cc1. The Hall–Kier alpha value is -7.53. The van der Waals surface area contributed by atoms with Crippen molar-refractivity contribution in [3.8, 4) is 22.3 Å². The summed E-state index contributed by atoms with van der Waals surface area (Å²) in [6.07, 6.45) is -0.513. The van der Waals surface area contributed by atoms with Crippen LogP contribution in [0.15, 0.2) is 210 Å². The zero-order valence-electron chi connectivity index (χ0n) is 32.1. The molecule has 12 rings (SSSR count). The molecule has 1 aromatic heterocycles. The van der Waals surface area contributed by atoms with Crippen molar-refractivity contribution in [1.29, 1.82) is 0 Å². The molecular weight excluding hydrogens is 719 g/mol. The van der Waals surface area contributed by atoms with Gasteiger partial charge in [-0.05, 0) is 95.7 Å². The molecule has 1 aliphatic rings. The quantitative estimate of drug-likeness (QED) is 0.172. The second kappa shape index (κ2) is 13.6. The first-order valence-corrected chi connectivity index (χ1v) is 20.3. The molecule has 4 heteroatoms. The van der Waals surface area contributed by atoms with Crippen molar-refractivity contribution in [2.24, 2.45) is 4.99 Å². The van der Waals surface area contributed by atoms with Gasteiger partial charge >= 0.3 is 0 Å². The van der Waals surface area contributed by atoms with Crippen molar-refractivity contribution in [3.63, 3.8) is 0 Å². The first-order valence-electron chi connectivity index (χ1n) is 20.3. The number of furan rings is 1. The maximum Gasteiger partial charge on any atom is 0.143 e. The summed E-state index contributed by atoms with van der Waals surface area (Å²) in [6, 6.07) is 71.8. The number of hydrogen-bond donors (Lipinski definition) is 2. The van der Waals surface area contributed by atoms with Crippen LogP contribution in [0.3, 0.4) is 0 Å². The van der Waals surface area contributed by atoms with Gasteiger partial charge < -0.3 is 9.73 Å². The molecule has 2 heterocycles. The molecule has 2 atom stereocenters. The summed E-state index contributed by atoms with van der Waals surface area (Å²) in [4.78, 5) is 5.20. The third-order valence-electron chi connectivity index (χ3n) is 12.1. The summed E-state index contributed by atoms with van der Waals surface area (Å²) in [6.45, 7) is 0. The highest BCUT2D eigenvalue weighted by molar-refractivity contribution is 6.15. The summed E-state index contributed by atoms with van der Waals surface area (Å²) >= 11 is 0. The third kappa shape index (κ3) is 5.68. The van der Waals surface area contributed by atoms with Gasteiger partial charge in [0.15, 0.2) is 0 Å². The highest BCUT2D eigenvalue weighted by Crippen LogP contribution is 2.44. The summed E-state index contributed by atoms with van der Waals surface area (Å²) in [5.74, 6) is 0.848. The average Bonchev–Trinajstić information content (AvgIpc) is 3.70. The lowest BCUT2D eigenvalue weighted by Gasteiger charge is -2.32. The normalized spacial score (nSPS) is 15.6. The lowest BCUT2D eigenvalue weighted by Crippen LogP contribution is -2.45. The maximum atomic E-state index is 7.02. The molecular formula is C55H37N3O. The van der Waals surface area contributed by atoms with Gasteiger partial charge in [-0.25, -0.2) is 4.99 Å². The van der Waals surface area contributed by atoms with Gasteiger partial charge in [0.1, 0.15) is 29.3 Å². The topological polar surface area (TPSA) is 49.6 Å². The standard InChI is InChI=1S/C55H37N3O/c1-3-14-38(15-4-1)53-56-54(39-16-5-2-6-17-39)58-55(57-53)45-20-11-21-50-51(45)49-33-42(40-28-26-36-24-22-34-12-7-9-18-43(34)46(36)30-40)32-48(52(49)59-50)41-29-27-37-25-23-35-13-8-10-19-44(35)47(37)31-41/h1-33,53,55,57H,(H,56,58). The van der Waals surface area contributed by atoms with Crippen molar-refractivity contribution in [3.05, 3.63) is 217 Å².